The zero-order valence-corrected chi connectivity index (χ0v) is 17.5. The molecule has 0 aromatic heterocycles. The molecule has 1 spiro atoms. The minimum Gasteiger partial charge on any atom is -0.490 e. The van der Waals surface area contributed by atoms with E-state index in [-0.39, 0.29) is 30.0 Å². The number of carbonyl (C=O) groups excluding carboxylic acids is 1. The lowest BCUT2D eigenvalue weighted by atomic mass is 9.67. The Morgan fingerprint density at radius 3 is 2.81 bits per heavy atom. The van der Waals surface area contributed by atoms with E-state index >= 15 is 0 Å². The minimum absolute atomic E-state index is 0.0414. The molecular weight excluding hydrogens is 410 g/mol. The lowest BCUT2D eigenvalue weighted by Gasteiger charge is -2.48. The molecule has 1 fully saturated rings. The molecule has 2 unspecified atom stereocenters. The Labute approximate surface area is 168 Å². The second-order valence-electron chi connectivity index (χ2n) is 8.80. The molecule has 1 amide bonds. The van der Waals surface area contributed by atoms with Gasteiger partial charge in [0.25, 0.3) is 6.02 Å². The van der Waals surface area contributed by atoms with E-state index in [0.717, 1.165) is 35.0 Å². The van der Waals surface area contributed by atoms with E-state index in [1.807, 2.05) is 39.0 Å². The summed E-state index contributed by atoms with van der Waals surface area (Å²) in [4.78, 5) is 17.2. The number of aliphatic imine (C=N–C) groups is 1. The van der Waals surface area contributed by atoms with Gasteiger partial charge in [-0.2, -0.15) is 0 Å². The molecule has 1 aromatic rings. The van der Waals surface area contributed by atoms with Gasteiger partial charge >= 0.3 is 0 Å². The van der Waals surface area contributed by atoms with Gasteiger partial charge in [0.05, 0.1) is 0 Å². The number of hydrogen-bond donors (Lipinski definition) is 2. The van der Waals surface area contributed by atoms with E-state index in [2.05, 4.69) is 21.2 Å². The van der Waals surface area contributed by atoms with Crippen molar-refractivity contribution in [2.45, 2.75) is 57.7 Å². The summed E-state index contributed by atoms with van der Waals surface area (Å²) in [5.74, 6) is 1.02. The predicted molar refractivity (Wildman–Crippen MR) is 107 cm³/mol. The van der Waals surface area contributed by atoms with E-state index in [4.69, 9.17) is 20.2 Å². The molecule has 0 bridgehead atoms. The lowest BCUT2D eigenvalue weighted by Crippen LogP contribution is -2.55. The number of amides is 1. The van der Waals surface area contributed by atoms with Crippen LogP contribution in [0.4, 0.5) is 0 Å². The Kier molecular flexibility index (Phi) is 4.41. The normalized spacial score (nSPS) is 32.0. The average molecular weight is 436 g/mol. The number of halogens is 1. The van der Waals surface area contributed by atoms with Gasteiger partial charge in [0, 0.05) is 27.4 Å². The molecule has 27 heavy (non-hydrogen) atoms. The van der Waals surface area contributed by atoms with Crippen LogP contribution in [0, 0.1) is 11.3 Å². The first-order valence-corrected chi connectivity index (χ1v) is 10.2. The standard InChI is InChI=1S/C20H26BrN3O3/c1-19(2,3)17(25)23-12-5-7-16-14(9-12)20(10-26-18(22)24-20)13-8-11(21)4-6-15(13)27-16/h4,6,8,12,14,16H,5,7,9-10H2,1-3H3,(H2,22,24)(H,23,25)/t12?,14-,16-,20?/m0/s1. The summed E-state index contributed by atoms with van der Waals surface area (Å²) in [6, 6.07) is 6.33. The average Bonchev–Trinajstić information content (AvgIpc) is 2.98. The highest BCUT2D eigenvalue weighted by Crippen LogP contribution is 2.52. The van der Waals surface area contributed by atoms with Gasteiger partial charge in [0.1, 0.15) is 24.0 Å². The van der Waals surface area contributed by atoms with Crippen LogP contribution in [0.1, 0.15) is 45.6 Å². The number of nitrogens with zero attached hydrogens (tertiary/aromatic N) is 1. The van der Waals surface area contributed by atoms with Gasteiger partial charge in [0.15, 0.2) is 0 Å². The molecule has 0 radical (unpaired) electrons. The smallest absolute Gasteiger partial charge is 0.283 e. The molecular formula is C20H26BrN3O3. The quantitative estimate of drug-likeness (QED) is 0.709. The molecule has 3 aliphatic rings. The Balaban J connectivity index is 1.68. The van der Waals surface area contributed by atoms with Gasteiger partial charge in [0.2, 0.25) is 5.91 Å². The van der Waals surface area contributed by atoms with Crippen molar-refractivity contribution in [3.8, 4) is 5.75 Å². The van der Waals surface area contributed by atoms with Gasteiger partial charge in [-0.3, -0.25) is 4.79 Å². The molecule has 2 aliphatic heterocycles. The maximum Gasteiger partial charge on any atom is 0.283 e. The number of rotatable bonds is 1. The van der Waals surface area contributed by atoms with E-state index in [0.29, 0.717) is 6.61 Å². The van der Waals surface area contributed by atoms with Crippen molar-refractivity contribution >= 4 is 27.9 Å². The first-order chi connectivity index (χ1) is 12.7. The van der Waals surface area contributed by atoms with E-state index in [1.54, 1.807) is 0 Å². The number of amidine groups is 1. The highest BCUT2D eigenvalue weighted by Gasteiger charge is 2.55. The summed E-state index contributed by atoms with van der Waals surface area (Å²) in [5.41, 5.74) is 5.97. The summed E-state index contributed by atoms with van der Waals surface area (Å²) in [5, 5.41) is 3.22. The summed E-state index contributed by atoms with van der Waals surface area (Å²) >= 11 is 3.56. The van der Waals surface area contributed by atoms with Crippen LogP contribution in [0.3, 0.4) is 0 Å². The Bertz CT molecular complexity index is 804. The summed E-state index contributed by atoms with van der Waals surface area (Å²) in [6.45, 7) is 6.21. The van der Waals surface area contributed by atoms with Gasteiger partial charge in [-0.1, -0.05) is 36.7 Å². The molecule has 4 rings (SSSR count). The highest BCUT2D eigenvalue weighted by molar-refractivity contribution is 9.10. The SMILES string of the molecule is CC(C)(C)C(=O)NC1CC[C@@H]2Oc3ccc(Br)cc3C3(COC(N)=N3)[C@H]2C1. The maximum absolute atomic E-state index is 12.5. The van der Waals surface area contributed by atoms with Crippen LogP contribution in [0.15, 0.2) is 27.7 Å². The zero-order chi connectivity index (χ0) is 19.4. The summed E-state index contributed by atoms with van der Waals surface area (Å²) in [7, 11) is 0. The number of nitrogens with two attached hydrogens (primary N) is 1. The van der Waals surface area contributed by atoms with Crippen LogP contribution in [-0.2, 0) is 15.1 Å². The third-order valence-corrected chi connectivity index (χ3v) is 6.35. The molecule has 1 aliphatic carbocycles. The molecule has 1 aromatic carbocycles. The lowest BCUT2D eigenvalue weighted by molar-refractivity contribution is -0.130. The second-order valence-corrected chi connectivity index (χ2v) is 9.72. The van der Waals surface area contributed by atoms with E-state index in [1.165, 1.54) is 0 Å². The van der Waals surface area contributed by atoms with Crippen LogP contribution in [0.5, 0.6) is 5.75 Å². The number of fused-ring (bicyclic) bond motifs is 4. The highest BCUT2D eigenvalue weighted by atomic mass is 79.9. The monoisotopic (exact) mass is 435 g/mol. The number of ether oxygens (including phenoxy) is 2. The van der Waals surface area contributed by atoms with Gasteiger partial charge in [-0.05, 0) is 37.5 Å². The van der Waals surface area contributed by atoms with Crippen LogP contribution in [0.2, 0.25) is 0 Å². The molecule has 4 atom stereocenters. The van der Waals surface area contributed by atoms with E-state index in [9.17, 15) is 4.79 Å². The molecule has 3 N–H and O–H groups in total. The fourth-order valence-corrected chi connectivity index (χ4v) is 4.76. The van der Waals surface area contributed by atoms with Gasteiger partial charge < -0.3 is 20.5 Å². The molecule has 2 heterocycles. The Morgan fingerprint density at radius 1 is 1.37 bits per heavy atom. The third kappa shape index (κ3) is 3.20. The Hall–Kier alpha value is -1.76. The predicted octanol–water partition coefficient (Wildman–Crippen LogP) is 3.08. The molecule has 1 saturated carbocycles. The molecule has 6 nitrogen and oxygen atoms in total. The zero-order valence-electron chi connectivity index (χ0n) is 15.9. The van der Waals surface area contributed by atoms with Crippen molar-refractivity contribution in [1.29, 1.82) is 0 Å². The summed E-state index contributed by atoms with van der Waals surface area (Å²) < 4.78 is 12.9. The first kappa shape index (κ1) is 18.6. The van der Waals surface area contributed by atoms with Crippen molar-refractivity contribution in [2.75, 3.05) is 6.61 Å². The summed E-state index contributed by atoms with van der Waals surface area (Å²) in [6.07, 6.45) is 2.59. The van der Waals surface area contributed by atoms with Crippen molar-refractivity contribution in [1.82, 2.24) is 5.32 Å². The fourth-order valence-electron chi connectivity index (χ4n) is 4.40. The van der Waals surface area contributed by atoms with Crippen LogP contribution in [0.25, 0.3) is 0 Å². The van der Waals surface area contributed by atoms with E-state index < -0.39 is 11.0 Å². The fraction of sp³-hybridized carbons (Fsp3) is 0.600. The maximum atomic E-state index is 12.5. The first-order valence-electron chi connectivity index (χ1n) is 9.45. The largest absolute Gasteiger partial charge is 0.490 e. The molecule has 7 heteroatoms. The van der Waals surface area contributed by atoms with Crippen molar-refractivity contribution in [3.63, 3.8) is 0 Å². The topological polar surface area (TPSA) is 85.9 Å². The van der Waals surface area contributed by atoms with Crippen molar-refractivity contribution in [2.24, 2.45) is 22.1 Å². The van der Waals surface area contributed by atoms with Crippen LogP contribution in [-0.4, -0.2) is 30.7 Å². The second kappa shape index (κ2) is 6.40. The Morgan fingerprint density at radius 2 is 2.15 bits per heavy atom. The number of carbonyl (C=O) groups is 1. The molecule has 146 valence electrons. The minimum atomic E-state index is -0.558. The third-order valence-electron chi connectivity index (χ3n) is 5.85. The van der Waals surface area contributed by atoms with Gasteiger partial charge in [-0.15, -0.1) is 0 Å². The number of benzene rings is 1. The van der Waals surface area contributed by atoms with Crippen LogP contribution >= 0.6 is 15.9 Å². The van der Waals surface area contributed by atoms with Crippen molar-refractivity contribution < 1.29 is 14.3 Å². The van der Waals surface area contributed by atoms with Crippen molar-refractivity contribution in [3.05, 3.63) is 28.2 Å². The van der Waals surface area contributed by atoms with Gasteiger partial charge in [-0.25, -0.2) is 4.99 Å². The van der Waals surface area contributed by atoms with Crippen LogP contribution < -0.4 is 15.8 Å². The molecule has 0 saturated heterocycles. The number of nitrogens with one attached hydrogen (secondary N) is 1. The number of hydrogen-bond acceptors (Lipinski definition) is 5.